The van der Waals surface area contributed by atoms with Gasteiger partial charge in [0.15, 0.2) is 0 Å². The summed E-state index contributed by atoms with van der Waals surface area (Å²) in [6.45, 7) is 0. The molecule has 2 fully saturated rings. The number of nitrogens with zero attached hydrogens (tertiary/aromatic N) is 3. The third kappa shape index (κ3) is 4.90. The first-order valence-corrected chi connectivity index (χ1v) is 15.2. The van der Waals surface area contributed by atoms with Gasteiger partial charge in [0.1, 0.15) is 5.82 Å². The smallest absolute Gasteiger partial charge is 0.328 e. The van der Waals surface area contributed by atoms with Crippen LogP contribution < -0.4 is 5.32 Å². The van der Waals surface area contributed by atoms with Gasteiger partial charge in [-0.2, -0.15) is 0 Å². The number of carboxylic acids is 1. The number of amides is 1. The Hall–Kier alpha value is -4.72. The van der Waals surface area contributed by atoms with Crippen molar-refractivity contribution in [2.75, 3.05) is 0 Å². The first kappa shape index (κ1) is 27.1. The van der Waals surface area contributed by atoms with Crippen molar-refractivity contribution < 1.29 is 14.7 Å². The number of benzene rings is 2. The number of hydrogen-bond donors (Lipinski definition) is 3. The number of rotatable bonds is 7. The highest BCUT2D eigenvalue weighted by Gasteiger charge is 2.44. The van der Waals surface area contributed by atoms with Crippen LogP contribution in [0.4, 0.5) is 0 Å². The van der Waals surface area contributed by atoms with E-state index in [0.717, 1.165) is 64.7 Å². The summed E-state index contributed by atoms with van der Waals surface area (Å²) >= 11 is 0. The molecule has 0 unspecified atom stereocenters. The number of aliphatic carboxylic acids is 1. The largest absolute Gasteiger partial charge is 0.478 e. The molecule has 2 aliphatic rings. The fourth-order valence-corrected chi connectivity index (χ4v) is 7.02. The van der Waals surface area contributed by atoms with E-state index in [4.69, 9.17) is 10.1 Å². The monoisotopic (exact) mass is 573 g/mol. The van der Waals surface area contributed by atoms with Crippen molar-refractivity contribution in [3.05, 3.63) is 89.4 Å². The second-order valence-corrected chi connectivity index (χ2v) is 12.0. The van der Waals surface area contributed by atoms with E-state index in [1.165, 1.54) is 43.1 Å². The lowest BCUT2D eigenvalue weighted by Gasteiger charge is -2.41. The molecule has 0 aliphatic heterocycles. The standard InChI is InChI=1S/C35H35N5O3/c1-40-29-20-22(12-16-30(41)42)11-15-26(29)38-34(40)35(17-7-18-35)39-33(43)24-13-14-25-28(21-24)37-32(27-10-5-6-19-36-27)31(25)23-8-3-2-4-9-23/h5-6,10-16,19-21,23,37H,2-4,7-9,17-18H2,1H3,(H,39,43)(H,41,42)/b16-12+. The molecule has 5 aromatic rings. The molecule has 0 spiro atoms. The zero-order valence-corrected chi connectivity index (χ0v) is 24.3. The van der Waals surface area contributed by atoms with Crippen molar-refractivity contribution in [2.24, 2.45) is 7.05 Å². The molecular weight excluding hydrogens is 538 g/mol. The summed E-state index contributed by atoms with van der Waals surface area (Å²) < 4.78 is 2.02. The Kier molecular flexibility index (Phi) is 6.84. The van der Waals surface area contributed by atoms with Crippen LogP contribution in [0, 0.1) is 0 Å². The Balaban J connectivity index is 1.22. The maximum atomic E-state index is 13.8. The minimum Gasteiger partial charge on any atom is -0.478 e. The molecule has 43 heavy (non-hydrogen) atoms. The maximum Gasteiger partial charge on any atom is 0.328 e. The average Bonchev–Trinajstić information content (AvgIpc) is 3.56. The SMILES string of the molecule is Cn1c(C2(NC(=O)c3ccc4c(C5CCCCC5)c(-c5ccccn5)[nH]c4c3)CCC2)nc2ccc(/C=C/C(=O)O)cc21. The number of nitrogens with one attached hydrogen (secondary N) is 2. The lowest BCUT2D eigenvalue weighted by molar-refractivity contribution is -0.131. The summed E-state index contributed by atoms with van der Waals surface area (Å²) in [7, 11) is 1.96. The number of imidazole rings is 1. The van der Waals surface area contributed by atoms with Gasteiger partial charge >= 0.3 is 5.97 Å². The molecule has 8 heteroatoms. The van der Waals surface area contributed by atoms with E-state index in [-0.39, 0.29) is 5.91 Å². The van der Waals surface area contributed by atoms with E-state index in [2.05, 4.69) is 21.4 Å². The lowest BCUT2D eigenvalue weighted by atomic mass is 9.75. The van der Waals surface area contributed by atoms with Crippen LogP contribution in [0.2, 0.25) is 0 Å². The maximum absolute atomic E-state index is 13.8. The van der Waals surface area contributed by atoms with Crippen molar-refractivity contribution in [1.29, 1.82) is 0 Å². The number of carbonyl (C=O) groups is 2. The van der Waals surface area contributed by atoms with E-state index < -0.39 is 11.5 Å². The lowest BCUT2D eigenvalue weighted by Crippen LogP contribution is -2.52. The van der Waals surface area contributed by atoms with E-state index in [0.29, 0.717) is 11.5 Å². The number of carboxylic acid groups (broad SMARTS) is 1. The van der Waals surface area contributed by atoms with Gasteiger partial charge in [0.25, 0.3) is 5.91 Å². The van der Waals surface area contributed by atoms with Crippen LogP contribution >= 0.6 is 0 Å². The van der Waals surface area contributed by atoms with Crippen molar-refractivity contribution >= 4 is 39.9 Å². The molecule has 1 amide bonds. The fraction of sp³-hybridized carbons (Fsp3) is 0.314. The molecule has 3 heterocycles. The quantitative estimate of drug-likeness (QED) is 0.180. The molecule has 8 nitrogen and oxygen atoms in total. The number of fused-ring (bicyclic) bond motifs is 2. The summed E-state index contributed by atoms with van der Waals surface area (Å²) in [6.07, 6.45) is 13.3. The van der Waals surface area contributed by atoms with Crippen LogP contribution in [0.3, 0.4) is 0 Å². The van der Waals surface area contributed by atoms with Crippen LogP contribution in [0.15, 0.2) is 66.9 Å². The Bertz CT molecular complexity index is 1870. The first-order chi connectivity index (χ1) is 20.9. The van der Waals surface area contributed by atoms with Gasteiger partial charge in [-0.05, 0) is 91.6 Å². The van der Waals surface area contributed by atoms with Gasteiger partial charge < -0.3 is 20.0 Å². The number of aryl methyl sites for hydroxylation is 1. The van der Waals surface area contributed by atoms with E-state index in [1.807, 2.05) is 66.3 Å². The average molecular weight is 574 g/mol. The van der Waals surface area contributed by atoms with Crippen LogP contribution in [0.25, 0.3) is 39.4 Å². The van der Waals surface area contributed by atoms with Gasteiger partial charge in [-0.1, -0.05) is 37.5 Å². The summed E-state index contributed by atoms with van der Waals surface area (Å²) in [4.78, 5) is 38.0. The molecule has 0 bridgehead atoms. The molecule has 2 aromatic carbocycles. The second-order valence-electron chi connectivity index (χ2n) is 12.0. The summed E-state index contributed by atoms with van der Waals surface area (Å²) in [5, 5.41) is 13.5. The molecule has 7 rings (SSSR count). The molecule has 0 saturated heterocycles. The van der Waals surface area contributed by atoms with Crippen LogP contribution in [-0.4, -0.2) is 36.5 Å². The number of hydrogen-bond acceptors (Lipinski definition) is 4. The fourth-order valence-electron chi connectivity index (χ4n) is 7.02. The molecular formula is C35H35N5O3. The van der Waals surface area contributed by atoms with Gasteiger partial charge in [0.2, 0.25) is 0 Å². The summed E-state index contributed by atoms with van der Waals surface area (Å²) in [5.74, 6) is 0.194. The molecule has 218 valence electrons. The molecule has 2 saturated carbocycles. The van der Waals surface area contributed by atoms with E-state index in [9.17, 15) is 9.59 Å². The topological polar surface area (TPSA) is 113 Å². The molecule has 0 radical (unpaired) electrons. The van der Waals surface area contributed by atoms with Crippen molar-refractivity contribution in [3.63, 3.8) is 0 Å². The highest BCUT2D eigenvalue weighted by atomic mass is 16.4. The van der Waals surface area contributed by atoms with E-state index >= 15 is 0 Å². The minimum atomic E-state index is -0.988. The zero-order valence-electron chi connectivity index (χ0n) is 24.3. The highest BCUT2D eigenvalue weighted by molar-refractivity contribution is 6.00. The van der Waals surface area contributed by atoms with Gasteiger partial charge in [0.05, 0.1) is 28.0 Å². The number of pyridine rings is 1. The Morgan fingerprint density at radius 3 is 2.60 bits per heavy atom. The Morgan fingerprint density at radius 1 is 1.05 bits per heavy atom. The number of aromatic nitrogens is 4. The van der Waals surface area contributed by atoms with Gasteiger partial charge in [-0.15, -0.1) is 0 Å². The van der Waals surface area contributed by atoms with Crippen LogP contribution in [0.1, 0.15) is 84.6 Å². The van der Waals surface area contributed by atoms with Crippen LogP contribution in [0.5, 0.6) is 0 Å². The zero-order chi connectivity index (χ0) is 29.6. The first-order valence-electron chi connectivity index (χ1n) is 15.2. The van der Waals surface area contributed by atoms with Gasteiger partial charge in [0, 0.05) is 35.8 Å². The van der Waals surface area contributed by atoms with Crippen molar-refractivity contribution in [2.45, 2.75) is 62.8 Å². The highest BCUT2D eigenvalue weighted by Crippen LogP contribution is 2.43. The Morgan fingerprint density at radius 2 is 1.88 bits per heavy atom. The molecule has 3 aromatic heterocycles. The predicted octanol–water partition coefficient (Wildman–Crippen LogP) is 7.07. The van der Waals surface area contributed by atoms with Crippen molar-refractivity contribution in [1.82, 2.24) is 24.8 Å². The number of aromatic amines is 1. The van der Waals surface area contributed by atoms with Gasteiger partial charge in [-0.3, -0.25) is 9.78 Å². The third-order valence-electron chi connectivity index (χ3n) is 9.35. The van der Waals surface area contributed by atoms with E-state index in [1.54, 1.807) is 6.08 Å². The normalized spacial score (nSPS) is 17.0. The van der Waals surface area contributed by atoms with Gasteiger partial charge in [-0.25, -0.2) is 9.78 Å². The minimum absolute atomic E-state index is 0.119. The molecule has 0 atom stereocenters. The van der Waals surface area contributed by atoms with Crippen molar-refractivity contribution in [3.8, 4) is 11.4 Å². The number of carbonyl (C=O) groups excluding carboxylic acids is 1. The summed E-state index contributed by atoms with van der Waals surface area (Å²) in [6, 6.07) is 17.7. The third-order valence-corrected chi connectivity index (χ3v) is 9.35. The molecule has 3 N–H and O–H groups in total. The summed E-state index contributed by atoms with van der Waals surface area (Å²) in [5.41, 5.74) is 6.84. The predicted molar refractivity (Wildman–Crippen MR) is 168 cm³/mol. The number of H-pyrrole nitrogens is 1. The van der Waals surface area contributed by atoms with Crippen LogP contribution in [-0.2, 0) is 17.4 Å². The second kappa shape index (κ2) is 10.8. The Labute approximate surface area is 249 Å². The molecule has 2 aliphatic carbocycles.